The molecule has 0 amide bonds. The Morgan fingerprint density at radius 3 is 1.91 bits per heavy atom. The van der Waals surface area contributed by atoms with E-state index in [2.05, 4.69) is 4.99 Å². The maximum Gasteiger partial charge on any atom is 0.216 e. The summed E-state index contributed by atoms with van der Waals surface area (Å²) in [4.78, 5) is 4.12. The van der Waals surface area contributed by atoms with Crippen molar-refractivity contribution in [2.75, 3.05) is 0 Å². The molecule has 1 heterocycles. The van der Waals surface area contributed by atoms with Gasteiger partial charge in [-0.15, -0.1) is 0 Å². The quantitative estimate of drug-likeness (QED) is 0.540. The zero-order valence-corrected chi connectivity index (χ0v) is 7.42. The largest absolute Gasteiger partial charge is 0.368 e. The van der Waals surface area contributed by atoms with Crippen molar-refractivity contribution in [2.45, 2.75) is 38.8 Å². The number of aliphatic imine (C=N–C) groups is 1. The Morgan fingerprint density at radius 1 is 1.36 bits per heavy atom. The molecule has 64 valence electrons. The summed E-state index contributed by atoms with van der Waals surface area (Å²) in [6, 6.07) is 0. The van der Waals surface area contributed by atoms with Gasteiger partial charge >= 0.3 is 0 Å². The number of guanidine groups is 1. The fourth-order valence-corrected chi connectivity index (χ4v) is 1.02. The highest BCUT2D eigenvalue weighted by atomic mass is 16.5. The second-order valence-corrected chi connectivity index (χ2v) is 3.90. The van der Waals surface area contributed by atoms with Crippen molar-refractivity contribution in [1.82, 2.24) is 5.06 Å². The van der Waals surface area contributed by atoms with Crippen molar-refractivity contribution in [3.8, 4) is 0 Å². The molecule has 0 aromatic heterocycles. The Kier molecular flexibility index (Phi) is 1.42. The van der Waals surface area contributed by atoms with E-state index in [0.29, 0.717) is 0 Å². The summed E-state index contributed by atoms with van der Waals surface area (Å²) in [6.07, 6.45) is 0. The predicted molar refractivity (Wildman–Crippen MR) is 43.4 cm³/mol. The number of hydrogen-bond donors (Lipinski definition) is 2. The highest BCUT2D eigenvalue weighted by molar-refractivity contribution is 5.80. The van der Waals surface area contributed by atoms with Gasteiger partial charge in [-0.2, -0.15) is 0 Å². The Labute approximate surface area is 66.7 Å². The molecule has 0 atom stereocenters. The van der Waals surface area contributed by atoms with E-state index in [0.717, 1.165) is 5.06 Å². The highest BCUT2D eigenvalue weighted by Gasteiger charge is 2.48. The molecular formula is C7H15N3O. The fraction of sp³-hybridized carbons (Fsp3) is 0.857. The van der Waals surface area contributed by atoms with Gasteiger partial charge in [0.1, 0.15) is 0 Å². The van der Waals surface area contributed by atoms with Gasteiger partial charge < -0.3 is 5.73 Å². The number of nitrogens with zero attached hydrogens (tertiary/aromatic N) is 2. The summed E-state index contributed by atoms with van der Waals surface area (Å²) in [5.41, 5.74) is 4.71. The van der Waals surface area contributed by atoms with E-state index in [-0.39, 0.29) is 11.5 Å². The Balaban J connectivity index is 3.05. The molecule has 0 bridgehead atoms. The first-order valence-electron chi connectivity index (χ1n) is 3.63. The number of nitrogens with two attached hydrogens (primary N) is 1. The maximum atomic E-state index is 9.44. The predicted octanol–water partition coefficient (Wildman–Crippen LogP) is 0.563. The topological polar surface area (TPSA) is 61.8 Å². The van der Waals surface area contributed by atoms with Crippen LogP contribution in [0, 0.1) is 0 Å². The van der Waals surface area contributed by atoms with E-state index in [4.69, 9.17) is 5.73 Å². The van der Waals surface area contributed by atoms with Gasteiger partial charge in [0.2, 0.25) is 5.96 Å². The Bertz CT molecular complexity index is 208. The van der Waals surface area contributed by atoms with Crippen molar-refractivity contribution in [3.63, 3.8) is 0 Å². The summed E-state index contributed by atoms with van der Waals surface area (Å²) in [5, 5.41) is 10.5. The van der Waals surface area contributed by atoms with Crippen LogP contribution in [0.2, 0.25) is 0 Å². The van der Waals surface area contributed by atoms with Crippen molar-refractivity contribution in [1.29, 1.82) is 0 Å². The molecule has 0 aromatic rings. The van der Waals surface area contributed by atoms with Crippen LogP contribution in [-0.2, 0) is 0 Å². The molecule has 1 rings (SSSR count). The van der Waals surface area contributed by atoms with Crippen LogP contribution in [0.15, 0.2) is 4.99 Å². The minimum Gasteiger partial charge on any atom is -0.368 e. The molecule has 0 saturated heterocycles. The molecule has 1 aliphatic heterocycles. The van der Waals surface area contributed by atoms with Crippen LogP contribution < -0.4 is 5.73 Å². The van der Waals surface area contributed by atoms with E-state index < -0.39 is 5.54 Å². The van der Waals surface area contributed by atoms with E-state index in [1.54, 1.807) is 0 Å². The summed E-state index contributed by atoms with van der Waals surface area (Å²) in [7, 11) is 0. The lowest BCUT2D eigenvalue weighted by Crippen LogP contribution is -2.52. The molecule has 4 heteroatoms. The summed E-state index contributed by atoms with van der Waals surface area (Å²) < 4.78 is 0. The molecule has 1 aliphatic rings. The standard InChI is InChI=1S/C7H15N3O/c1-6(2)7(3,4)10(11)5(8)9-6/h11H,1-4H3,(H2,8,9). The highest BCUT2D eigenvalue weighted by Crippen LogP contribution is 2.34. The van der Waals surface area contributed by atoms with Crippen molar-refractivity contribution in [3.05, 3.63) is 0 Å². The van der Waals surface area contributed by atoms with E-state index in [1.807, 2.05) is 27.7 Å². The molecule has 0 unspecified atom stereocenters. The second kappa shape index (κ2) is 1.88. The lowest BCUT2D eigenvalue weighted by molar-refractivity contribution is -0.101. The molecule has 11 heavy (non-hydrogen) atoms. The van der Waals surface area contributed by atoms with Crippen LogP contribution >= 0.6 is 0 Å². The van der Waals surface area contributed by atoms with Crippen LogP contribution in [0.25, 0.3) is 0 Å². The van der Waals surface area contributed by atoms with Gasteiger partial charge in [-0.05, 0) is 27.7 Å². The van der Waals surface area contributed by atoms with Crippen molar-refractivity contribution >= 4 is 5.96 Å². The lowest BCUT2D eigenvalue weighted by Gasteiger charge is -2.36. The molecular weight excluding hydrogens is 142 g/mol. The van der Waals surface area contributed by atoms with E-state index in [1.165, 1.54) is 0 Å². The third kappa shape index (κ3) is 0.894. The number of hydroxylamine groups is 2. The van der Waals surface area contributed by atoms with Crippen LogP contribution in [0.3, 0.4) is 0 Å². The van der Waals surface area contributed by atoms with Gasteiger partial charge in [0.05, 0.1) is 11.1 Å². The van der Waals surface area contributed by atoms with Crippen LogP contribution in [0.4, 0.5) is 0 Å². The van der Waals surface area contributed by atoms with Crippen LogP contribution in [0.5, 0.6) is 0 Å². The lowest BCUT2D eigenvalue weighted by atomic mass is 9.84. The van der Waals surface area contributed by atoms with Gasteiger partial charge in [0.25, 0.3) is 0 Å². The third-order valence-electron chi connectivity index (χ3n) is 2.64. The Hall–Kier alpha value is -0.770. The minimum atomic E-state index is -0.420. The third-order valence-corrected chi connectivity index (χ3v) is 2.64. The summed E-state index contributed by atoms with van der Waals surface area (Å²) in [5.74, 6) is 0.194. The molecule has 0 spiro atoms. The molecule has 3 N–H and O–H groups in total. The van der Waals surface area contributed by atoms with Gasteiger partial charge in [-0.1, -0.05) is 0 Å². The molecule has 0 aromatic carbocycles. The first-order valence-corrected chi connectivity index (χ1v) is 3.63. The Morgan fingerprint density at radius 2 is 1.82 bits per heavy atom. The summed E-state index contributed by atoms with van der Waals surface area (Å²) >= 11 is 0. The number of hydrogen-bond acceptors (Lipinski definition) is 4. The molecule has 0 saturated carbocycles. The fourth-order valence-electron chi connectivity index (χ4n) is 1.02. The number of rotatable bonds is 0. The van der Waals surface area contributed by atoms with E-state index >= 15 is 0 Å². The van der Waals surface area contributed by atoms with Crippen molar-refractivity contribution in [2.24, 2.45) is 10.7 Å². The average molecular weight is 157 g/mol. The molecule has 0 fully saturated rings. The van der Waals surface area contributed by atoms with Crippen LogP contribution in [-0.4, -0.2) is 27.3 Å². The summed E-state index contributed by atoms with van der Waals surface area (Å²) in [6.45, 7) is 7.68. The molecule has 4 nitrogen and oxygen atoms in total. The average Bonchev–Trinajstić information content (AvgIpc) is 1.93. The molecule has 0 radical (unpaired) electrons. The SMILES string of the molecule is CC1(C)N=C(N)N(O)C1(C)C. The van der Waals surface area contributed by atoms with Gasteiger partial charge in [-0.25, -0.2) is 10.1 Å². The zero-order valence-electron chi connectivity index (χ0n) is 7.42. The zero-order chi connectivity index (χ0) is 8.86. The first kappa shape index (κ1) is 8.33. The minimum absolute atomic E-state index is 0.194. The normalized spacial score (nSPS) is 27.0. The van der Waals surface area contributed by atoms with Gasteiger partial charge in [0, 0.05) is 0 Å². The maximum absolute atomic E-state index is 9.44. The van der Waals surface area contributed by atoms with Crippen LogP contribution in [0.1, 0.15) is 27.7 Å². The van der Waals surface area contributed by atoms with Crippen molar-refractivity contribution < 1.29 is 5.21 Å². The van der Waals surface area contributed by atoms with Gasteiger partial charge in [0.15, 0.2) is 0 Å². The van der Waals surface area contributed by atoms with E-state index in [9.17, 15) is 5.21 Å². The monoisotopic (exact) mass is 157 g/mol. The smallest absolute Gasteiger partial charge is 0.216 e. The molecule has 0 aliphatic carbocycles. The van der Waals surface area contributed by atoms with Gasteiger partial charge in [-0.3, -0.25) is 5.21 Å². The second-order valence-electron chi connectivity index (χ2n) is 3.90. The first-order chi connectivity index (χ1) is 4.79.